The van der Waals surface area contributed by atoms with Crippen molar-refractivity contribution >= 4 is 36.1 Å². The van der Waals surface area contributed by atoms with Crippen LogP contribution in [0.15, 0.2) is 89.9 Å². The van der Waals surface area contributed by atoms with Crippen molar-refractivity contribution in [1.29, 1.82) is 0 Å². The maximum atomic E-state index is 11.3. The number of nitrogens with zero attached hydrogens (tertiary/aromatic N) is 3. The van der Waals surface area contributed by atoms with Crippen LogP contribution in [0.4, 0.5) is 11.4 Å². The number of amides is 1. The van der Waals surface area contributed by atoms with E-state index in [0.717, 1.165) is 93.6 Å². The van der Waals surface area contributed by atoms with Crippen molar-refractivity contribution in [2.24, 2.45) is 4.99 Å². The summed E-state index contributed by atoms with van der Waals surface area (Å²) in [5, 5.41) is 0. The van der Waals surface area contributed by atoms with Crippen LogP contribution in [0.3, 0.4) is 0 Å². The number of hydrogen-bond acceptors (Lipinski definition) is 7. The molecule has 1 amide bonds. The first-order valence-electron chi connectivity index (χ1n) is 17.7. The van der Waals surface area contributed by atoms with Crippen molar-refractivity contribution in [3.8, 4) is 0 Å². The molecule has 2 heterocycles. The highest BCUT2D eigenvalue weighted by molar-refractivity contribution is 5.67. The summed E-state index contributed by atoms with van der Waals surface area (Å²) in [5.74, 6) is -0.455. The fourth-order valence-corrected chi connectivity index (χ4v) is 7.23. The zero-order chi connectivity index (χ0) is 35.7. The molecule has 2 aliphatic heterocycles. The molecule has 2 atom stereocenters. The number of esters is 2. The third kappa shape index (κ3) is 9.22. The number of aliphatic imine (C=N–C) groups is 1. The van der Waals surface area contributed by atoms with Gasteiger partial charge in [-0.05, 0) is 107 Å². The van der Waals surface area contributed by atoms with Crippen LogP contribution in [0.2, 0.25) is 0 Å². The average Bonchev–Trinajstić information content (AvgIpc) is 3.73. The molecule has 264 valence electrons. The Morgan fingerprint density at radius 3 is 1.75 bits per heavy atom. The molecular formula is C42H46N4O5. The second kappa shape index (κ2) is 16.5. The predicted octanol–water partition coefficient (Wildman–Crippen LogP) is 6.98. The monoisotopic (exact) mass is 686 g/mol. The molecule has 0 saturated carbocycles. The molecule has 0 spiro atoms. The van der Waals surface area contributed by atoms with Gasteiger partial charge in [-0.25, -0.2) is 4.99 Å². The number of aryl methyl sites for hydroxylation is 2. The van der Waals surface area contributed by atoms with Crippen LogP contribution in [0.25, 0.3) is 0 Å². The molecule has 4 aromatic carbocycles. The third-order valence-electron chi connectivity index (χ3n) is 9.80. The van der Waals surface area contributed by atoms with Crippen LogP contribution < -0.4 is 5.73 Å². The molecule has 0 fully saturated rings. The highest BCUT2D eigenvalue weighted by Gasteiger charge is 2.26. The smallest absolute Gasteiger partial charge is 0.303 e. The van der Waals surface area contributed by atoms with Gasteiger partial charge in [0.25, 0.3) is 0 Å². The van der Waals surface area contributed by atoms with Gasteiger partial charge in [-0.15, -0.1) is 0 Å². The largest absolute Gasteiger partial charge is 0.458 e. The second-order valence-electron chi connectivity index (χ2n) is 13.4. The van der Waals surface area contributed by atoms with Crippen LogP contribution in [-0.2, 0) is 62.6 Å². The summed E-state index contributed by atoms with van der Waals surface area (Å²) in [6.45, 7) is 6.43. The number of carbonyl (C=O) groups is 3. The van der Waals surface area contributed by atoms with Crippen molar-refractivity contribution < 1.29 is 23.9 Å². The molecule has 0 aromatic heterocycles. The van der Waals surface area contributed by atoms with Gasteiger partial charge in [0.15, 0.2) is 0 Å². The van der Waals surface area contributed by atoms with Crippen LogP contribution in [0.1, 0.15) is 83.4 Å². The normalized spacial score (nSPS) is 18.2. The van der Waals surface area contributed by atoms with E-state index in [9.17, 15) is 14.4 Å². The van der Waals surface area contributed by atoms with Crippen molar-refractivity contribution in [3.63, 3.8) is 0 Å². The van der Waals surface area contributed by atoms with E-state index >= 15 is 0 Å². The first kappa shape index (κ1) is 35.4. The lowest BCUT2D eigenvalue weighted by Crippen LogP contribution is -2.29. The molecule has 4 aromatic rings. The van der Waals surface area contributed by atoms with E-state index in [1.54, 1.807) is 0 Å². The molecule has 2 N–H and O–H groups in total. The average molecular weight is 687 g/mol. The number of nitrogen functional groups attached to an aromatic ring is 1. The summed E-state index contributed by atoms with van der Waals surface area (Å²) in [6.07, 6.45) is 8.37. The van der Waals surface area contributed by atoms with Crippen molar-refractivity contribution in [1.82, 2.24) is 9.80 Å². The van der Waals surface area contributed by atoms with Gasteiger partial charge < -0.3 is 25.0 Å². The Balaban J connectivity index is 0.000000145. The minimum absolute atomic E-state index is 0.0917. The second-order valence-corrected chi connectivity index (χ2v) is 13.4. The number of carbonyl (C=O) groups excluding carboxylic acids is 3. The first-order valence-corrected chi connectivity index (χ1v) is 17.7. The minimum Gasteiger partial charge on any atom is -0.458 e. The Labute approximate surface area is 300 Å². The van der Waals surface area contributed by atoms with Gasteiger partial charge in [-0.3, -0.25) is 14.4 Å². The molecule has 51 heavy (non-hydrogen) atoms. The molecular weight excluding hydrogens is 640 g/mol. The van der Waals surface area contributed by atoms with E-state index in [0.29, 0.717) is 0 Å². The number of fused-ring (bicyclic) bond motifs is 4. The molecule has 9 nitrogen and oxygen atoms in total. The number of benzene rings is 4. The van der Waals surface area contributed by atoms with Gasteiger partial charge in [0.1, 0.15) is 12.2 Å². The Kier molecular flexibility index (Phi) is 11.5. The van der Waals surface area contributed by atoms with Crippen LogP contribution in [0, 0.1) is 0 Å². The molecule has 0 saturated heterocycles. The van der Waals surface area contributed by atoms with Crippen LogP contribution >= 0.6 is 0 Å². The molecule has 9 heteroatoms. The van der Waals surface area contributed by atoms with E-state index in [4.69, 9.17) is 15.2 Å². The topological polar surface area (TPSA) is 115 Å². The summed E-state index contributed by atoms with van der Waals surface area (Å²) in [7, 11) is 0. The predicted molar refractivity (Wildman–Crippen MR) is 198 cm³/mol. The number of nitrogens with two attached hydrogens (primary N) is 1. The fourth-order valence-electron chi connectivity index (χ4n) is 7.23. The highest BCUT2D eigenvalue weighted by atomic mass is 16.5. The van der Waals surface area contributed by atoms with E-state index in [2.05, 4.69) is 64.5 Å². The maximum Gasteiger partial charge on any atom is 0.303 e. The number of rotatable bonds is 5. The molecule has 0 bridgehead atoms. The summed E-state index contributed by atoms with van der Waals surface area (Å²) in [4.78, 5) is 41.3. The third-order valence-corrected chi connectivity index (χ3v) is 9.80. The highest BCUT2D eigenvalue weighted by Crippen LogP contribution is 2.37. The van der Waals surface area contributed by atoms with Gasteiger partial charge in [-0.2, -0.15) is 0 Å². The Hall–Kier alpha value is -5.44. The van der Waals surface area contributed by atoms with Crippen molar-refractivity contribution in [2.75, 3.05) is 18.8 Å². The minimum atomic E-state index is -0.231. The lowest BCUT2D eigenvalue weighted by Gasteiger charge is -2.26. The number of anilines is 1. The lowest BCUT2D eigenvalue weighted by molar-refractivity contribution is -0.147. The van der Waals surface area contributed by atoms with E-state index < -0.39 is 0 Å². The van der Waals surface area contributed by atoms with Gasteiger partial charge >= 0.3 is 11.9 Å². The van der Waals surface area contributed by atoms with Gasteiger partial charge in [-0.1, -0.05) is 60.7 Å². The number of ether oxygens (including phenoxy) is 2. The van der Waals surface area contributed by atoms with Crippen molar-refractivity contribution in [3.05, 3.63) is 129 Å². The van der Waals surface area contributed by atoms with Crippen molar-refractivity contribution in [2.45, 2.75) is 77.7 Å². The summed E-state index contributed by atoms with van der Waals surface area (Å²) < 4.78 is 10.6. The maximum absolute atomic E-state index is 11.3. The van der Waals surface area contributed by atoms with Crippen LogP contribution in [0.5, 0.6) is 0 Å². The zero-order valence-electron chi connectivity index (χ0n) is 29.4. The Morgan fingerprint density at radius 1 is 0.667 bits per heavy atom. The molecule has 0 radical (unpaired) electrons. The van der Waals surface area contributed by atoms with Gasteiger partial charge in [0, 0.05) is 45.7 Å². The van der Waals surface area contributed by atoms with E-state index in [-0.39, 0.29) is 24.1 Å². The summed E-state index contributed by atoms with van der Waals surface area (Å²) in [6, 6.07) is 28.9. The Bertz CT molecular complexity index is 1910. The van der Waals surface area contributed by atoms with Crippen LogP contribution in [-0.4, -0.2) is 47.6 Å². The molecule has 4 aliphatic rings. The molecule has 8 rings (SSSR count). The summed E-state index contributed by atoms with van der Waals surface area (Å²) in [5.41, 5.74) is 17.5. The SMILES string of the molecule is CC(=O)OC1CCc2ccc(N)cc21.CC(=O)OC1CCc2ccc(N=CN3CCc4ccccc4C3)cc21.O=CN1CCc2ccccc2C1. The van der Waals surface area contributed by atoms with Gasteiger partial charge in [0.05, 0.1) is 12.0 Å². The van der Waals surface area contributed by atoms with Gasteiger partial charge in [0.2, 0.25) is 6.41 Å². The molecule has 2 aliphatic carbocycles. The quantitative estimate of drug-likeness (QED) is 0.0793. The molecule has 2 unspecified atom stereocenters. The summed E-state index contributed by atoms with van der Waals surface area (Å²) >= 11 is 0. The lowest BCUT2D eigenvalue weighted by atomic mass is 10.0. The van der Waals surface area contributed by atoms with E-state index in [1.165, 1.54) is 47.2 Å². The number of hydrogen-bond donors (Lipinski definition) is 1. The zero-order valence-corrected chi connectivity index (χ0v) is 29.4. The standard InChI is InChI=1S/C21H22N2O2.C11H13NO2.C10H11NO/c1-15(24)25-21-9-7-17-6-8-19(12-20(17)21)22-14-23-11-10-16-4-2-3-5-18(16)13-23;1-7(13)14-11-5-3-8-2-4-9(12)6-10(8)11;12-8-11-6-5-9-3-1-2-4-10(9)7-11/h2-6,8,12,14,21H,7,9-11,13H2,1H3;2,4,6,11H,3,5,12H2,1H3;1-4,8H,5-7H2. The van der Waals surface area contributed by atoms with E-state index in [1.807, 2.05) is 41.6 Å². The fraction of sp³-hybridized carbons (Fsp3) is 0.333. The first-order chi connectivity index (χ1) is 24.7. The Morgan fingerprint density at radius 2 is 1.18 bits per heavy atom.